The molecule has 68 valence electrons. The van der Waals surface area contributed by atoms with Crippen molar-refractivity contribution >= 4 is 24.7 Å². The average molecular weight is 281 g/mol. The van der Waals surface area contributed by atoms with E-state index in [2.05, 4.69) is 30.0 Å². The number of rotatable bonds is 3. The molecule has 0 spiro atoms. The Morgan fingerprint density at radius 1 is 1.46 bits per heavy atom. The van der Waals surface area contributed by atoms with Crippen LogP contribution >= 0.6 is 0 Å². The number of hydrogen-bond acceptors (Lipinski definition) is 2. The van der Waals surface area contributed by atoms with Crippen molar-refractivity contribution in [2.75, 3.05) is 0 Å². The van der Waals surface area contributed by atoms with Crippen molar-refractivity contribution in [2.24, 2.45) is 0 Å². The van der Waals surface area contributed by atoms with Crippen LogP contribution in [0.3, 0.4) is 0 Å². The maximum absolute atomic E-state index is 4.43. The second-order valence-corrected chi connectivity index (χ2v) is 9.55. The van der Waals surface area contributed by atoms with Gasteiger partial charge in [0.1, 0.15) is 0 Å². The van der Waals surface area contributed by atoms with Crippen molar-refractivity contribution in [3.05, 3.63) is 18.2 Å². The van der Waals surface area contributed by atoms with E-state index in [4.69, 9.17) is 0 Å². The first kappa shape index (κ1) is 9.43. The Labute approximate surface area is 89.4 Å². The summed E-state index contributed by atoms with van der Waals surface area (Å²) in [5, 5.41) is 0. The van der Waals surface area contributed by atoms with Crippen LogP contribution < -0.4 is 3.58 Å². The standard InChI is InChI=1S/C7H7N2.C3H7.Sn/c1-2-6(1)7-3-4-8-5-9-7;1-3-2;/h4-6H,1-2H2;3H,1-2H3;. The van der Waals surface area contributed by atoms with Crippen LogP contribution in [0, 0.1) is 0 Å². The number of hydrogen-bond donors (Lipinski definition) is 0. The van der Waals surface area contributed by atoms with Crippen molar-refractivity contribution < 1.29 is 0 Å². The van der Waals surface area contributed by atoms with Crippen molar-refractivity contribution in [3.8, 4) is 0 Å². The van der Waals surface area contributed by atoms with E-state index in [1.807, 2.05) is 0 Å². The van der Waals surface area contributed by atoms with Gasteiger partial charge in [-0.15, -0.1) is 0 Å². The number of nitrogens with zero attached hydrogens (tertiary/aromatic N) is 2. The second-order valence-electron chi connectivity index (χ2n) is 3.89. The third-order valence-corrected chi connectivity index (χ3v) is 5.79. The van der Waals surface area contributed by atoms with Gasteiger partial charge in [0, 0.05) is 0 Å². The van der Waals surface area contributed by atoms with Crippen LogP contribution in [-0.2, 0) is 0 Å². The van der Waals surface area contributed by atoms with E-state index in [0.29, 0.717) is 0 Å². The zero-order chi connectivity index (χ0) is 9.26. The van der Waals surface area contributed by atoms with Gasteiger partial charge in [-0.1, -0.05) is 0 Å². The Morgan fingerprint density at radius 2 is 2.23 bits per heavy atom. The minimum absolute atomic E-state index is 0.414. The second kappa shape index (κ2) is 3.94. The molecule has 0 amide bonds. The summed E-state index contributed by atoms with van der Waals surface area (Å²) in [6.07, 6.45) is 6.47. The zero-order valence-corrected chi connectivity index (χ0v) is 11.0. The summed E-state index contributed by atoms with van der Waals surface area (Å²) in [5.74, 6) is 0.789. The Bertz CT molecular complexity index is 295. The first-order valence-electron chi connectivity index (χ1n) is 4.84. The van der Waals surface area contributed by atoms with Gasteiger partial charge in [0.05, 0.1) is 0 Å². The summed E-state index contributed by atoms with van der Waals surface area (Å²) < 4.78 is 2.40. The topological polar surface area (TPSA) is 25.8 Å². The molecule has 1 aromatic heterocycles. The summed E-state index contributed by atoms with van der Waals surface area (Å²) in [6, 6.07) is 0. The minimum atomic E-state index is -0.414. The SMILES string of the molecule is C[CH](C)[Sn][c]1cncnc1C1CC1. The van der Waals surface area contributed by atoms with Crippen LogP contribution in [0.1, 0.15) is 38.3 Å². The molecule has 1 aliphatic rings. The van der Waals surface area contributed by atoms with Crippen LogP contribution in [-0.4, -0.2) is 31.1 Å². The molecule has 1 fully saturated rings. The molecule has 0 saturated heterocycles. The first-order valence-corrected chi connectivity index (χ1v) is 7.91. The van der Waals surface area contributed by atoms with Crippen LogP contribution in [0.4, 0.5) is 0 Å². The first-order chi connectivity index (χ1) is 6.27. The van der Waals surface area contributed by atoms with Gasteiger partial charge in [-0.25, -0.2) is 0 Å². The van der Waals surface area contributed by atoms with Crippen LogP contribution in [0.5, 0.6) is 0 Å². The Kier molecular flexibility index (Phi) is 2.86. The fourth-order valence-corrected chi connectivity index (χ4v) is 4.83. The summed E-state index contributed by atoms with van der Waals surface area (Å²) in [5.41, 5.74) is 1.38. The molecule has 2 nitrogen and oxygen atoms in total. The van der Waals surface area contributed by atoms with Gasteiger partial charge in [-0.3, -0.25) is 0 Å². The molecule has 0 aliphatic heterocycles. The molecule has 3 heteroatoms. The molecule has 1 heterocycles. The molecule has 2 radical (unpaired) electrons. The molecule has 13 heavy (non-hydrogen) atoms. The van der Waals surface area contributed by atoms with Gasteiger partial charge in [-0.05, 0) is 0 Å². The van der Waals surface area contributed by atoms with E-state index in [1.54, 1.807) is 6.33 Å². The molecule has 2 rings (SSSR count). The third kappa shape index (κ3) is 2.42. The average Bonchev–Trinajstić information content (AvgIpc) is 2.87. The van der Waals surface area contributed by atoms with Gasteiger partial charge in [0.25, 0.3) is 0 Å². The fourth-order valence-electron chi connectivity index (χ4n) is 1.44. The van der Waals surface area contributed by atoms with E-state index in [9.17, 15) is 0 Å². The molecule has 1 aromatic rings. The molecular formula is C10H14N2Sn. The molecule has 0 unspecified atom stereocenters. The Hall–Kier alpha value is -0.121. The predicted octanol–water partition coefficient (Wildman–Crippen LogP) is 1.51. The van der Waals surface area contributed by atoms with E-state index in [0.717, 1.165) is 9.85 Å². The van der Waals surface area contributed by atoms with Crippen molar-refractivity contribution in [3.63, 3.8) is 0 Å². The molecular weight excluding hydrogens is 267 g/mol. The van der Waals surface area contributed by atoms with Crippen LogP contribution in [0.15, 0.2) is 12.5 Å². The van der Waals surface area contributed by atoms with E-state index < -0.39 is 21.1 Å². The molecule has 1 saturated carbocycles. The van der Waals surface area contributed by atoms with Crippen molar-refractivity contribution in [2.45, 2.75) is 36.5 Å². The normalized spacial score (nSPS) is 16.5. The van der Waals surface area contributed by atoms with Gasteiger partial charge in [0.2, 0.25) is 0 Å². The summed E-state index contributed by atoms with van der Waals surface area (Å²) in [4.78, 5) is 8.57. The third-order valence-electron chi connectivity index (χ3n) is 2.15. The van der Waals surface area contributed by atoms with Gasteiger partial charge >= 0.3 is 89.4 Å². The zero-order valence-electron chi connectivity index (χ0n) is 8.12. The Balaban J connectivity index is 2.21. The summed E-state index contributed by atoms with van der Waals surface area (Å²) in [7, 11) is 0. The monoisotopic (exact) mass is 282 g/mol. The molecule has 0 atom stereocenters. The quantitative estimate of drug-likeness (QED) is 0.785. The maximum atomic E-state index is 4.43. The van der Waals surface area contributed by atoms with Crippen LogP contribution in [0.2, 0.25) is 3.93 Å². The van der Waals surface area contributed by atoms with Gasteiger partial charge in [-0.2, -0.15) is 0 Å². The van der Waals surface area contributed by atoms with E-state index in [-0.39, 0.29) is 0 Å². The van der Waals surface area contributed by atoms with Crippen molar-refractivity contribution in [1.29, 1.82) is 0 Å². The predicted molar refractivity (Wildman–Crippen MR) is 54.5 cm³/mol. The van der Waals surface area contributed by atoms with E-state index in [1.165, 1.54) is 22.1 Å². The summed E-state index contributed by atoms with van der Waals surface area (Å²) >= 11 is -0.414. The van der Waals surface area contributed by atoms with E-state index >= 15 is 0 Å². The molecule has 1 aliphatic carbocycles. The van der Waals surface area contributed by atoms with Crippen LogP contribution in [0.25, 0.3) is 0 Å². The van der Waals surface area contributed by atoms with Gasteiger partial charge in [0.15, 0.2) is 0 Å². The summed E-state index contributed by atoms with van der Waals surface area (Å²) in [6.45, 7) is 4.63. The fraction of sp³-hybridized carbons (Fsp3) is 0.600. The molecule has 0 N–H and O–H groups in total. The molecule has 0 bridgehead atoms. The van der Waals surface area contributed by atoms with Crippen molar-refractivity contribution in [1.82, 2.24) is 9.97 Å². The Morgan fingerprint density at radius 3 is 2.85 bits per heavy atom. The van der Waals surface area contributed by atoms with Gasteiger partial charge < -0.3 is 0 Å². The number of aromatic nitrogens is 2. The molecule has 0 aromatic carbocycles.